The molecular formula is C19H20N4O5S2. The molecule has 0 atom stereocenters. The Labute approximate surface area is 177 Å². The van der Waals surface area contributed by atoms with Gasteiger partial charge in [0.2, 0.25) is 5.91 Å². The van der Waals surface area contributed by atoms with Crippen LogP contribution in [0.3, 0.4) is 0 Å². The standard InChI is InChI=1S/C19H20N4O5S2/c1-30(26,27)13-4-5-14-16(11-13)29-19(20-14)21-17(24)12-22-6-8-23(9-7-22)18(25)15-3-2-10-28-15/h2-5,10-11H,6-9,12H2,1H3,(H,20,21,24). The summed E-state index contributed by atoms with van der Waals surface area (Å²) in [4.78, 5) is 32.9. The number of sulfone groups is 1. The van der Waals surface area contributed by atoms with E-state index < -0.39 is 9.84 Å². The number of nitrogens with zero attached hydrogens (tertiary/aromatic N) is 3. The van der Waals surface area contributed by atoms with Crippen LogP contribution < -0.4 is 5.32 Å². The van der Waals surface area contributed by atoms with Crippen molar-refractivity contribution in [2.75, 3.05) is 44.3 Å². The molecule has 1 saturated heterocycles. The Morgan fingerprint density at radius 2 is 1.97 bits per heavy atom. The van der Waals surface area contributed by atoms with Crippen LogP contribution >= 0.6 is 11.3 Å². The Balaban J connectivity index is 1.32. The largest absolute Gasteiger partial charge is 0.459 e. The number of amides is 2. The summed E-state index contributed by atoms with van der Waals surface area (Å²) in [6.07, 6.45) is 2.62. The third-order valence-electron chi connectivity index (χ3n) is 4.79. The van der Waals surface area contributed by atoms with Gasteiger partial charge in [0.15, 0.2) is 20.7 Å². The van der Waals surface area contributed by atoms with Gasteiger partial charge in [0, 0.05) is 32.4 Å². The van der Waals surface area contributed by atoms with Gasteiger partial charge in [-0.2, -0.15) is 0 Å². The van der Waals surface area contributed by atoms with Crippen molar-refractivity contribution in [1.82, 2.24) is 14.8 Å². The number of benzene rings is 1. The van der Waals surface area contributed by atoms with Crippen LogP contribution in [-0.4, -0.2) is 74.0 Å². The topological polar surface area (TPSA) is 113 Å². The molecule has 1 aromatic carbocycles. The van der Waals surface area contributed by atoms with Crippen LogP contribution in [0.1, 0.15) is 10.6 Å². The summed E-state index contributed by atoms with van der Waals surface area (Å²) in [5.41, 5.74) is 0.632. The number of aromatic nitrogens is 1. The minimum absolute atomic E-state index is 0.146. The van der Waals surface area contributed by atoms with Crippen LogP contribution in [0, 0.1) is 0 Å². The van der Waals surface area contributed by atoms with Gasteiger partial charge >= 0.3 is 0 Å². The van der Waals surface area contributed by atoms with Crippen molar-refractivity contribution in [3.63, 3.8) is 0 Å². The molecule has 30 heavy (non-hydrogen) atoms. The van der Waals surface area contributed by atoms with Gasteiger partial charge in [0.1, 0.15) is 0 Å². The number of anilines is 1. The fourth-order valence-corrected chi connectivity index (χ4v) is 4.86. The number of hydrogen-bond donors (Lipinski definition) is 1. The van der Waals surface area contributed by atoms with E-state index in [4.69, 9.17) is 4.42 Å². The number of piperazine rings is 1. The third kappa shape index (κ3) is 4.53. The summed E-state index contributed by atoms with van der Waals surface area (Å²) < 4.78 is 29.2. The van der Waals surface area contributed by atoms with Gasteiger partial charge in [0.25, 0.3) is 5.91 Å². The fraction of sp³-hybridized carbons (Fsp3) is 0.316. The Bertz CT molecular complexity index is 1180. The van der Waals surface area contributed by atoms with E-state index in [9.17, 15) is 18.0 Å². The van der Waals surface area contributed by atoms with E-state index >= 15 is 0 Å². The Morgan fingerprint density at radius 3 is 2.63 bits per heavy atom. The molecule has 2 aromatic heterocycles. The fourth-order valence-electron chi connectivity index (χ4n) is 3.22. The summed E-state index contributed by atoms with van der Waals surface area (Å²) in [5.74, 6) is -0.0358. The molecule has 0 radical (unpaired) electrons. The number of thiazole rings is 1. The first-order valence-electron chi connectivity index (χ1n) is 9.25. The summed E-state index contributed by atoms with van der Waals surface area (Å²) in [6.45, 7) is 2.38. The first-order valence-corrected chi connectivity index (χ1v) is 12.0. The zero-order chi connectivity index (χ0) is 21.3. The normalized spacial score (nSPS) is 15.4. The van der Waals surface area contributed by atoms with Crippen molar-refractivity contribution in [2.45, 2.75) is 4.90 Å². The van der Waals surface area contributed by atoms with Gasteiger partial charge in [-0.05, 0) is 30.3 Å². The Kier molecular flexibility index (Phi) is 5.58. The smallest absolute Gasteiger partial charge is 0.289 e. The van der Waals surface area contributed by atoms with Crippen molar-refractivity contribution in [1.29, 1.82) is 0 Å². The molecule has 11 heteroatoms. The van der Waals surface area contributed by atoms with Crippen LogP contribution in [0.2, 0.25) is 0 Å². The van der Waals surface area contributed by atoms with Crippen molar-refractivity contribution < 1.29 is 22.4 Å². The highest BCUT2D eigenvalue weighted by Crippen LogP contribution is 2.28. The Morgan fingerprint density at radius 1 is 1.20 bits per heavy atom. The van der Waals surface area contributed by atoms with E-state index in [-0.39, 0.29) is 23.3 Å². The molecule has 4 rings (SSSR count). The van der Waals surface area contributed by atoms with Crippen LogP contribution in [0.5, 0.6) is 0 Å². The number of nitrogens with one attached hydrogen (secondary N) is 1. The van der Waals surface area contributed by atoms with Gasteiger partial charge in [-0.15, -0.1) is 0 Å². The monoisotopic (exact) mass is 448 g/mol. The van der Waals surface area contributed by atoms with E-state index in [1.54, 1.807) is 29.2 Å². The number of rotatable bonds is 5. The molecule has 0 bridgehead atoms. The molecule has 1 fully saturated rings. The van der Waals surface area contributed by atoms with E-state index in [0.29, 0.717) is 47.3 Å². The second kappa shape index (κ2) is 8.17. The Hall–Kier alpha value is -2.76. The molecule has 0 spiro atoms. The van der Waals surface area contributed by atoms with Gasteiger partial charge in [-0.25, -0.2) is 13.4 Å². The van der Waals surface area contributed by atoms with Gasteiger partial charge in [-0.1, -0.05) is 11.3 Å². The molecule has 2 amide bonds. The van der Waals surface area contributed by atoms with E-state index in [1.807, 2.05) is 4.90 Å². The maximum absolute atomic E-state index is 12.4. The molecular weight excluding hydrogens is 428 g/mol. The molecule has 3 heterocycles. The summed E-state index contributed by atoms with van der Waals surface area (Å²) in [6, 6.07) is 8.02. The number of hydrogen-bond acceptors (Lipinski definition) is 8. The average molecular weight is 449 g/mol. The average Bonchev–Trinajstić information content (AvgIpc) is 3.36. The first-order chi connectivity index (χ1) is 14.3. The van der Waals surface area contributed by atoms with Crippen LogP contribution in [0.25, 0.3) is 10.2 Å². The first kappa shape index (κ1) is 20.5. The molecule has 1 aliphatic rings. The van der Waals surface area contributed by atoms with Gasteiger partial charge in [-0.3, -0.25) is 14.5 Å². The zero-order valence-corrected chi connectivity index (χ0v) is 17.8. The lowest BCUT2D eigenvalue weighted by Gasteiger charge is -2.33. The number of fused-ring (bicyclic) bond motifs is 1. The predicted octanol–water partition coefficient (Wildman–Crippen LogP) is 1.69. The molecule has 0 saturated carbocycles. The maximum atomic E-state index is 12.4. The molecule has 0 unspecified atom stereocenters. The molecule has 158 valence electrons. The number of furan rings is 1. The molecule has 9 nitrogen and oxygen atoms in total. The third-order valence-corrected chi connectivity index (χ3v) is 6.84. The number of carbonyl (C=O) groups is 2. The highest BCUT2D eigenvalue weighted by molar-refractivity contribution is 7.90. The summed E-state index contributed by atoms with van der Waals surface area (Å²) in [7, 11) is -3.30. The minimum Gasteiger partial charge on any atom is -0.459 e. The van der Waals surface area contributed by atoms with Gasteiger partial charge < -0.3 is 14.6 Å². The van der Waals surface area contributed by atoms with Crippen molar-refractivity contribution in [3.8, 4) is 0 Å². The van der Waals surface area contributed by atoms with Crippen molar-refractivity contribution in [2.24, 2.45) is 0 Å². The van der Waals surface area contributed by atoms with Crippen LogP contribution in [0.4, 0.5) is 5.13 Å². The van der Waals surface area contributed by atoms with Crippen LogP contribution in [0.15, 0.2) is 45.9 Å². The lowest BCUT2D eigenvalue weighted by Crippen LogP contribution is -2.50. The molecule has 0 aliphatic carbocycles. The zero-order valence-electron chi connectivity index (χ0n) is 16.2. The van der Waals surface area contributed by atoms with Crippen molar-refractivity contribution >= 4 is 48.3 Å². The molecule has 1 aliphatic heterocycles. The SMILES string of the molecule is CS(=O)(=O)c1ccc2nc(NC(=O)CN3CCN(C(=O)c4ccco4)CC3)sc2c1. The predicted molar refractivity (Wildman–Crippen MR) is 112 cm³/mol. The van der Waals surface area contributed by atoms with E-state index in [2.05, 4.69) is 10.3 Å². The summed E-state index contributed by atoms with van der Waals surface area (Å²) in [5, 5.41) is 3.20. The highest BCUT2D eigenvalue weighted by atomic mass is 32.2. The lowest BCUT2D eigenvalue weighted by molar-refractivity contribution is -0.117. The van der Waals surface area contributed by atoms with E-state index in [1.165, 1.54) is 23.7 Å². The minimum atomic E-state index is -3.30. The van der Waals surface area contributed by atoms with Crippen LogP contribution in [-0.2, 0) is 14.6 Å². The van der Waals surface area contributed by atoms with Crippen molar-refractivity contribution in [3.05, 3.63) is 42.4 Å². The van der Waals surface area contributed by atoms with E-state index in [0.717, 1.165) is 6.26 Å². The van der Waals surface area contributed by atoms with Gasteiger partial charge in [0.05, 0.1) is 27.9 Å². The molecule has 3 aromatic rings. The maximum Gasteiger partial charge on any atom is 0.289 e. The quantitative estimate of drug-likeness (QED) is 0.632. The second-order valence-corrected chi connectivity index (χ2v) is 10.1. The molecule has 1 N–H and O–H groups in total. The summed E-state index contributed by atoms with van der Waals surface area (Å²) >= 11 is 1.23. The lowest BCUT2D eigenvalue weighted by atomic mass is 10.3. The second-order valence-electron chi connectivity index (χ2n) is 7.01. The highest BCUT2D eigenvalue weighted by Gasteiger charge is 2.24. The number of carbonyl (C=O) groups excluding carboxylic acids is 2.